The summed E-state index contributed by atoms with van der Waals surface area (Å²) in [4.78, 5) is 24.6. The fourth-order valence-corrected chi connectivity index (χ4v) is 4.25. The highest BCUT2D eigenvalue weighted by molar-refractivity contribution is 6.40. The molecule has 2 aromatic carbocycles. The van der Waals surface area contributed by atoms with Crippen molar-refractivity contribution in [2.45, 2.75) is 25.8 Å². The molecule has 162 valence electrons. The van der Waals surface area contributed by atoms with E-state index in [1.165, 1.54) is 0 Å². The largest absolute Gasteiger partial charge is 0.497 e. The summed E-state index contributed by atoms with van der Waals surface area (Å²) < 4.78 is 5.28. The number of Topliss-reactive ketones (excluding diaryl/α,β-unsaturated/α-hetero) is 1. The monoisotopic (exact) mass is 440 g/mol. The van der Waals surface area contributed by atoms with Crippen LogP contribution >= 0.6 is 11.6 Å². The van der Waals surface area contributed by atoms with Crippen molar-refractivity contribution in [2.24, 2.45) is 11.0 Å². The number of hydrazone groups is 1. The van der Waals surface area contributed by atoms with Crippen LogP contribution in [0.15, 0.2) is 53.6 Å². The number of carbonyl (C=O) groups is 2. The van der Waals surface area contributed by atoms with Gasteiger partial charge in [0.05, 0.1) is 23.9 Å². The molecule has 2 heterocycles. The first kappa shape index (κ1) is 21.3. The van der Waals surface area contributed by atoms with Crippen LogP contribution in [-0.4, -0.2) is 42.6 Å². The quantitative estimate of drug-likeness (QED) is 0.769. The summed E-state index contributed by atoms with van der Waals surface area (Å²) in [5.41, 5.74) is 5.09. The number of methoxy groups -OCH3 is 1. The lowest BCUT2D eigenvalue weighted by molar-refractivity contribution is -0.126. The molecule has 0 unspecified atom stereocenters. The summed E-state index contributed by atoms with van der Waals surface area (Å²) >= 11 is 6.48. The van der Waals surface area contributed by atoms with Gasteiger partial charge < -0.3 is 4.74 Å². The fourth-order valence-electron chi connectivity index (χ4n) is 4.02. The average Bonchev–Trinajstić information content (AvgIpc) is 3.12. The summed E-state index contributed by atoms with van der Waals surface area (Å²) in [6, 6.07) is 15.0. The average molecular weight is 441 g/mol. The number of nitrogens with one attached hydrogen (secondary N) is 1. The standard InChI is InChI=1S/C23H25ClN4O3/c1-15-21(23(30)26-27-13-11-17(29)12-14-27)25-28(20-6-4-3-5-19(20)24)22(15)16-7-9-18(31-2)10-8-16/h3-10,15,22H,11-14H2,1-2H3,(H,26,30)/t15-,22+/m0/s1. The molecule has 1 saturated heterocycles. The van der Waals surface area contributed by atoms with E-state index in [1.54, 1.807) is 12.1 Å². The Morgan fingerprint density at radius 3 is 2.45 bits per heavy atom. The summed E-state index contributed by atoms with van der Waals surface area (Å²) in [5, 5.41) is 8.89. The number of benzene rings is 2. The Hall–Kier alpha value is -2.90. The molecule has 7 nitrogen and oxygen atoms in total. The molecule has 31 heavy (non-hydrogen) atoms. The first-order valence-corrected chi connectivity index (χ1v) is 10.7. The third kappa shape index (κ3) is 4.43. The van der Waals surface area contributed by atoms with E-state index in [-0.39, 0.29) is 23.7 Å². The molecule has 1 fully saturated rings. The smallest absolute Gasteiger partial charge is 0.282 e. The van der Waals surface area contributed by atoms with Gasteiger partial charge in [-0.2, -0.15) is 5.10 Å². The Kier molecular flexibility index (Phi) is 6.25. The molecule has 0 aromatic heterocycles. The Labute approximate surface area is 186 Å². The van der Waals surface area contributed by atoms with Crippen LogP contribution in [-0.2, 0) is 9.59 Å². The molecule has 1 amide bonds. The Balaban J connectivity index is 1.64. The highest BCUT2D eigenvalue weighted by Crippen LogP contribution is 2.41. The minimum absolute atomic E-state index is 0.184. The molecular weight excluding hydrogens is 416 g/mol. The van der Waals surface area contributed by atoms with Crippen molar-refractivity contribution in [3.8, 4) is 5.75 Å². The van der Waals surface area contributed by atoms with E-state index in [1.807, 2.05) is 60.5 Å². The van der Waals surface area contributed by atoms with Gasteiger partial charge in [0.15, 0.2) is 0 Å². The van der Waals surface area contributed by atoms with Gasteiger partial charge in [-0.3, -0.25) is 20.0 Å². The molecule has 2 aromatic rings. The maximum atomic E-state index is 13.1. The third-order valence-electron chi connectivity index (χ3n) is 5.75. The number of carbonyl (C=O) groups excluding carboxylic acids is 2. The SMILES string of the molecule is COc1ccc([C@H]2[C@@H](C)C(C(=O)NN3CCC(=O)CC3)=NN2c2ccccc2Cl)cc1. The van der Waals surface area contributed by atoms with Gasteiger partial charge in [0.2, 0.25) is 0 Å². The number of piperidine rings is 1. The van der Waals surface area contributed by atoms with Crippen LogP contribution in [0.3, 0.4) is 0 Å². The second-order valence-corrected chi connectivity index (χ2v) is 8.16. The van der Waals surface area contributed by atoms with Gasteiger partial charge in [-0.25, -0.2) is 5.01 Å². The molecule has 0 aliphatic carbocycles. The maximum absolute atomic E-state index is 13.1. The van der Waals surface area contributed by atoms with Gasteiger partial charge >= 0.3 is 0 Å². The predicted molar refractivity (Wildman–Crippen MR) is 120 cm³/mol. The summed E-state index contributed by atoms with van der Waals surface area (Å²) in [5.74, 6) is 0.546. The number of anilines is 1. The van der Waals surface area contributed by atoms with Crippen LogP contribution in [0.4, 0.5) is 5.69 Å². The number of rotatable bonds is 5. The van der Waals surface area contributed by atoms with Crippen LogP contribution in [0.2, 0.25) is 5.02 Å². The van der Waals surface area contributed by atoms with Gasteiger partial charge in [0.25, 0.3) is 5.91 Å². The van der Waals surface area contributed by atoms with E-state index in [4.69, 9.17) is 21.4 Å². The normalized spacial score (nSPS) is 21.7. The lowest BCUT2D eigenvalue weighted by Crippen LogP contribution is -2.49. The van der Waals surface area contributed by atoms with Crippen LogP contribution in [0.5, 0.6) is 5.75 Å². The van der Waals surface area contributed by atoms with Crippen molar-refractivity contribution in [3.63, 3.8) is 0 Å². The first-order valence-electron chi connectivity index (χ1n) is 10.3. The lowest BCUT2D eigenvalue weighted by atomic mass is 9.91. The predicted octanol–water partition coefficient (Wildman–Crippen LogP) is 3.60. The number of amides is 1. The van der Waals surface area contributed by atoms with Gasteiger partial charge in [0, 0.05) is 31.8 Å². The van der Waals surface area contributed by atoms with E-state index < -0.39 is 0 Å². The Morgan fingerprint density at radius 1 is 1.13 bits per heavy atom. The summed E-state index contributed by atoms with van der Waals surface area (Å²) in [6.07, 6.45) is 0.894. The molecule has 4 rings (SSSR count). The van der Waals surface area contributed by atoms with E-state index in [2.05, 4.69) is 5.43 Å². The van der Waals surface area contributed by atoms with Crippen molar-refractivity contribution in [3.05, 3.63) is 59.1 Å². The second kappa shape index (κ2) is 9.08. The number of ether oxygens (including phenoxy) is 1. The number of nitrogens with zero attached hydrogens (tertiary/aromatic N) is 3. The van der Waals surface area contributed by atoms with Crippen molar-refractivity contribution >= 4 is 34.7 Å². The van der Waals surface area contributed by atoms with E-state index in [9.17, 15) is 9.59 Å². The Morgan fingerprint density at radius 2 is 1.81 bits per heavy atom. The van der Waals surface area contributed by atoms with E-state index in [0.29, 0.717) is 36.7 Å². The molecule has 0 saturated carbocycles. The third-order valence-corrected chi connectivity index (χ3v) is 6.07. The fraction of sp³-hybridized carbons (Fsp3) is 0.348. The minimum Gasteiger partial charge on any atom is -0.497 e. The molecule has 2 aliphatic heterocycles. The van der Waals surface area contributed by atoms with Gasteiger partial charge in [-0.15, -0.1) is 0 Å². The number of ketones is 1. The van der Waals surface area contributed by atoms with Crippen LogP contribution in [0.25, 0.3) is 0 Å². The zero-order chi connectivity index (χ0) is 22.0. The Bertz CT molecular complexity index is 998. The van der Waals surface area contributed by atoms with Crippen molar-refractivity contribution in [1.82, 2.24) is 10.4 Å². The molecule has 2 aliphatic rings. The van der Waals surface area contributed by atoms with Crippen LogP contribution in [0.1, 0.15) is 31.4 Å². The number of hydrogen-bond donors (Lipinski definition) is 1. The molecular formula is C23H25ClN4O3. The highest BCUT2D eigenvalue weighted by atomic mass is 35.5. The molecule has 2 atom stereocenters. The first-order chi connectivity index (χ1) is 15.0. The van der Waals surface area contributed by atoms with Crippen LogP contribution < -0.4 is 15.2 Å². The molecule has 0 spiro atoms. The summed E-state index contributed by atoms with van der Waals surface area (Å²) in [7, 11) is 1.63. The number of para-hydroxylation sites is 1. The lowest BCUT2D eigenvalue weighted by Gasteiger charge is -2.28. The number of hydrogen-bond acceptors (Lipinski definition) is 6. The van der Waals surface area contributed by atoms with Crippen molar-refractivity contribution in [2.75, 3.05) is 25.2 Å². The van der Waals surface area contributed by atoms with E-state index in [0.717, 1.165) is 17.0 Å². The van der Waals surface area contributed by atoms with E-state index >= 15 is 0 Å². The zero-order valence-corrected chi connectivity index (χ0v) is 18.3. The van der Waals surface area contributed by atoms with Gasteiger partial charge in [0.1, 0.15) is 17.2 Å². The maximum Gasteiger partial charge on any atom is 0.282 e. The zero-order valence-electron chi connectivity index (χ0n) is 17.5. The molecule has 0 radical (unpaired) electrons. The summed E-state index contributed by atoms with van der Waals surface area (Å²) in [6.45, 7) is 3.02. The highest BCUT2D eigenvalue weighted by Gasteiger charge is 2.40. The molecule has 8 heteroatoms. The second-order valence-electron chi connectivity index (χ2n) is 7.75. The minimum atomic E-state index is -0.255. The number of halogens is 1. The van der Waals surface area contributed by atoms with Crippen molar-refractivity contribution in [1.29, 1.82) is 0 Å². The van der Waals surface area contributed by atoms with Gasteiger partial charge in [-0.05, 0) is 29.8 Å². The number of hydrazine groups is 1. The van der Waals surface area contributed by atoms with Crippen molar-refractivity contribution < 1.29 is 14.3 Å². The topological polar surface area (TPSA) is 74.2 Å². The molecule has 1 N–H and O–H groups in total. The van der Waals surface area contributed by atoms with Gasteiger partial charge in [-0.1, -0.05) is 42.8 Å². The van der Waals surface area contributed by atoms with Crippen LogP contribution in [0, 0.1) is 5.92 Å². The molecule has 0 bridgehead atoms.